The molecule has 0 bridgehead atoms. The maximum Gasteiger partial charge on any atom is 0.194 e. The molecule has 1 aromatic heterocycles. The Balaban J connectivity index is 1.54. The van der Waals surface area contributed by atoms with E-state index < -0.39 is 0 Å². The summed E-state index contributed by atoms with van der Waals surface area (Å²) in [5, 5.41) is 7.77. The van der Waals surface area contributed by atoms with Gasteiger partial charge in [-0.05, 0) is 24.2 Å². The van der Waals surface area contributed by atoms with Crippen molar-refractivity contribution in [3.8, 4) is 0 Å². The minimum atomic E-state index is 0.0235. The first kappa shape index (κ1) is 21.3. The molecule has 1 aromatic carbocycles. The number of hydrogen-bond donors (Lipinski definition) is 1. The van der Waals surface area contributed by atoms with Crippen molar-refractivity contribution in [2.24, 2.45) is 12.0 Å². The monoisotopic (exact) mass is 398 g/mol. The molecule has 0 aliphatic carbocycles. The maximum absolute atomic E-state index is 5.95. The summed E-state index contributed by atoms with van der Waals surface area (Å²) in [6.07, 6.45) is 3.92. The molecule has 7 heteroatoms. The van der Waals surface area contributed by atoms with Gasteiger partial charge in [-0.1, -0.05) is 38.1 Å². The Hall–Kier alpha value is -2.38. The molecule has 1 atom stereocenters. The van der Waals surface area contributed by atoms with Crippen molar-refractivity contribution < 1.29 is 4.74 Å². The molecule has 7 nitrogen and oxygen atoms in total. The van der Waals surface area contributed by atoms with Gasteiger partial charge >= 0.3 is 0 Å². The van der Waals surface area contributed by atoms with E-state index in [9.17, 15) is 0 Å². The highest BCUT2D eigenvalue weighted by Gasteiger charge is 2.25. The van der Waals surface area contributed by atoms with E-state index in [0.717, 1.165) is 50.8 Å². The summed E-state index contributed by atoms with van der Waals surface area (Å²) in [4.78, 5) is 9.17. The van der Waals surface area contributed by atoms with Gasteiger partial charge in [-0.25, -0.2) is 0 Å². The number of aryl methyl sites for hydroxylation is 1. The number of aromatic nitrogens is 2. The van der Waals surface area contributed by atoms with Crippen LogP contribution in [-0.4, -0.2) is 65.4 Å². The van der Waals surface area contributed by atoms with Gasteiger partial charge in [0.2, 0.25) is 0 Å². The van der Waals surface area contributed by atoms with Crippen LogP contribution in [0.15, 0.2) is 41.7 Å². The Morgan fingerprint density at radius 1 is 1.24 bits per heavy atom. The number of ether oxygens (including phenoxy) is 1. The maximum atomic E-state index is 5.95. The smallest absolute Gasteiger partial charge is 0.194 e. The number of hydrogen-bond acceptors (Lipinski definition) is 4. The highest BCUT2D eigenvalue weighted by Crippen LogP contribution is 2.21. The van der Waals surface area contributed by atoms with Gasteiger partial charge in [-0.2, -0.15) is 5.10 Å². The van der Waals surface area contributed by atoms with Crippen LogP contribution in [0.3, 0.4) is 0 Å². The fraction of sp³-hybridized carbons (Fsp3) is 0.545. The number of benzene rings is 1. The molecule has 0 amide bonds. The van der Waals surface area contributed by atoms with Gasteiger partial charge in [0, 0.05) is 45.5 Å². The van der Waals surface area contributed by atoms with Crippen molar-refractivity contribution in [1.82, 2.24) is 24.9 Å². The standard InChI is InChI=1S/C22H34N6O/c1-5-27(6-2)15-19-9-7-18(8-10-19)13-24-22(23-3)28-11-12-29-21(17-28)20-14-25-26(4)16-20/h7-10,14,16,21H,5-6,11-13,15,17H2,1-4H3,(H,23,24). The van der Waals surface area contributed by atoms with Gasteiger partial charge in [0.1, 0.15) is 6.10 Å². The Morgan fingerprint density at radius 3 is 2.59 bits per heavy atom. The van der Waals surface area contributed by atoms with Crippen molar-refractivity contribution in [2.45, 2.75) is 33.0 Å². The lowest BCUT2D eigenvalue weighted by atomic mass is 10.1. The molecule has 0 spiro atoms. The highest BCUT2D eigenvalue weighted by atomic mass is 16.5. The summed E-state index contributed by atoms with van der Waals surface area (Å²) in [6.45, 7) is 10.6. The van der Waals surface area contributed by atoms with E-state index in [-0.39, 0.29) is 6.10 Å². The van der Waals surface area contributed by atoms with Crippen molar-refractivity contribution in [2.75, 3.05) is 39.8 Å². The van der Waals surface area contributed by atoms with E-state index in [4.69, 9.17) is 4.74 Å². The second-order valence-electron chi connectivity index (χ2n) is 7.43. The van der Waals surface area contributed by atoms with E-state index in [0.29, 0.717) is 6.61 Å². The SMILES string of the molecule is CCN(CC)Cc1ccc(CNC(=NC)N2CCOC(c3cnn(C)c3)C2)cc1. The summed E-state index contributed by atoms with van der Waals surface area (Å²) in [5.41, 5.74) is 3.72. The third kappa shape index (κ3) is 5.81. The zero-order chi connectivity index (χ0) is 20.6. The summed E-state index contributed by atoms with van der Waals surface area (Å²) >= 11 is 0. The van der Waals surface area contributed by atoms with Gasteiger partial charge < -0.3 is 15.0 Å². The molecule has 1 fully saturated rings. The van der Waals surface area contributed by atoms with Crippen LogP contribution in [0, 0.1) is 0 Å². The zero-order valence-corrected chi connectivity index (χ0v) is 18.1. The van der Waals surface area contributed by atoms with Crippen molar-refractivity contribution in [1.29, 1.82) is 0 Å². The van der Waals surface area contributed by atoms with E-state index in [2.05, 4.69) is 63.3 Å². The van der Waals surface area contributed by atoms with Gasteiger partial charge in [-0.3, -0.25) is 14.6 Å². The minimum absolute atomic E-state index is 0.0235. The van der Waals surface area contributed by atoms with Crippen LogP contribution in [0.25, 0.3) is 0 Å². The number of aliphatic imine (C=N–C) groups is 1. The van der Waals surface area contributed by atoms with Crippen LogP contribution in [0.5, 0.6) is 0 Å². The molecule has 158 valence electrons. The van der Waals surface area contributed by atoms with Gasteiger partial charge in [-0.15, -0.1) is 0 Å². The minimum Gasteiger partial charge on any atom is -0.370 e. The van der Waals surface area contributed by atoms with Crippen LogP contribution in [-0.2, 0) is 24.9 Å². The van der Waals surface area contributed by atoms with Crippen LogP contribution in [0.1, 0.15) is 36.6 Å². The first-order chi connectivity index (χ1) is 14.1. The second kappa shape index (κ2) is 10.4. The molecule has 29 heavy (non-hydrogen) atoms. The molecule has 2 aromatic rings. The molecule has 1 aliphatic rings. The molecule has 1 unspecified atom stereocenters. The van der Waals surface area contributed by atoms with Gasteiger partial charge in [0.15, 0.2) is 5.96 Å². The summed E-state index contributed by atoms with van der Waals surface area (Å²) in [6, 6.07) is 8.87. The predicted molar refractivity (Wildman–Crippen MR) is 117 cm³/mol. The molecule has 2 heterocycles. The number of nitrogens with one attached hydrogen (secondary N) is 1. The third-order valence-electron chi connectivity index (χ3n) is 5.45. The van der Waals surface area contributed by atoms with E-state index >= 15 is 0 Å². The Morgan fingerprint density at radius 2 is 1.97 bits per heavy atom. The number of nitrogens with zero attached hydrogens (tertiary/aromatic N) is 5. The van der Waals surface area contributed by atoms with Gasteiger partial charge in [0.05, 0.1) is 19.3 Å². The summed E-state index contributed by atoms with van der Waals surface area (Å²) in [7, 11) is 3.77. The van der Waals surface area contributed by atoms with Crippen LogP contribution < -0.4 is 5.32 Å². The lowest BCUT2D eigenvalue weighted by Gasteiger charge is -2.34. The molecule has 1 saturated heterocycles. The second-order valence-corrected chi connectivity index (χ2v) is 7.43. The van der Waals surface area contributed by atoms with Crippen molar-refractivity contribution in [3.05, 3.63) is 53.3 Å². The normalized spacial score (nSPS) is 17.8. The third-order valence-corrected chi connectivity index (χ3v) is 5.45. The van der Waals surface area contributed by atoms with Gasteiger partial charge in [0.25, 0.3) is 0 Å². The largest absolute Gasteiger partial charge is 0.370 e. The number of rotatable bonds is 7. The Bertz CT molecular complexity index is 781. The van der Waals surface area contributed by atoms with Crippen molar-refractivity contribution in [3.63, 3.8) is 0 Å². The quantitative estimate of drug-likeness (QED) is 0.573. The lowest BCUT2D eigenvalue weighted by molar-refractivity contribution is -0.00805. The average molecular weight is 399 g/mol. The van der Waals surface area contributed by atoms with Crippen LogP contribution >= 0.6 is 0 Å². The lowest BCUT2D eigenvalue weighted by Crippen LogP contribution is -2.47. The fourth-order valence-corrected chi connectivity index (χ4v) is 3.63. The molecule has 3 rings (SSSR count). The number of guanidine groups is 1. The predicted octanol–water partition coefficient (Wildman–Crippen LogP) is 2.41. The van der Waals surface area contributed by atoms with E-state index in [1.165, 1.54) is 11.1 Å². The fourth-order valence-electron chi connectivity index (χ4n) is 3.63. The highest BCUT2D eigenvalue weighted by molar-refractivity contribution is 5.80. The molecule has 0 radical (unpaired) electrons. The first-order valence-corrected chi connectivity index (χ1v) is 10.5. The first-order valence-electron chi connectivity index (χ1n) is 10.5. The Labute approximate surface area is 174 Å². The van der Waals surface area contributed by atoms with Crippen LogP contribution in [0.2, 0.25) is 0 Å². The topological polar surface area (TPSA) is 57.9 Å². The summed E-state index contributed by atoms with van der Waals surface area (Å²) in [5.74, 6) is 0.911. The summed E-state index contributed by atoms with van der Waals surface area (Å²) < 4.78 is 7.76. The van der Waals surface area contributed by atoms with E-state index in [1.54, 1.807) is 0 Å². The number of morpholine rings is 1. The Kier molecular flexibility index (Phi) is 7.66. The van der Waals surface area contributed by atoms with E-state index in [1.807, 2.05) is 31.2 Å². The molecule has 1 aliphatic heterocycles. The zero-order valence-electron chi connectivity index (χ0n) is 18.1. The molecular formula is C22H34N6O. The average Bonchev–Trinajstić information content (AvgIpc) is 3.20. The molecule has 1 N–H and O–H groups in total. The van der Waals surface area contributed by atoms with Crippen LogP contribution in [0.4, 0.5) is 0 Å². The van der Waals surface area contributed by atoms with Crippen molar-refractivity contribution >= 4 is 5.96 Å². The molecule has 0 saturated carbocycles. The molecular weight excluding hydrogens is 364 g/mol.